The van der Waals surface area contributed by atoms with Gasteiger partial charge in [0, 0.05) is 17.4 Å². The van der Waals surface area contributed by atoms with Crippen molar-refractivity contribution < 1.29 is 36.6 Å². The van der Waals surface area contributed by atoms with Crippen LogP contribution in [0.3, 0.4) is 0 Å². The molecule has 0 aromatic heterocycles. The summed E-state index contributed by atoms with van der Waals surface area (Å²) in [5.41, 5.74) is 0.738. The van der Waals surface area contributed by atoms with Gasteiger partial charge in [-0.25, -0.2) is 0 Å². The molecule has 0 heterocycles. The quantitative estimate of drug-likeness (QED) is 0.637. The van der Waals surface area contributed by atoms with Gasteiger partial charge < -0.3 is 24.8 Å². The first kappa shape index (κ1) is 20.1. The topological polar surface area (TPSA) is 68.8 Å². The summed E-state index contributed by atoms with van der Waals surface area (Å²) < 4.78 is 62.5. The normalized spacial score (nSPS) is 10.6. The van der Waals surface area contributed by atoms with E-state index in [9.17, 15) is 22.4 Å². The highest BCUT2D eigenvalue weighted by Crippen LogP contribution is 2.31. The number of anilines is 2. The van der Waals surface area contributed by atoms with Crippen LogP contribution in [-0.2, 0) is 4.79 Å². The molecule has 146 valence electrons. The molecule has 2 aromatic carbocycles. The molecule has 0 bridgehead atoms. The predicted molar refractivity (Wildman–Crippen MR) is 89.8 cm³/mol. The lowest BCUT2D eigenvalue weighted by Crippen LogP contribution is -2.21. The molecule has 10 heteroatoms. The van der Waals surface area contributed by atoms with Gasteiger partial charge in [0.2, 0.25) is 5.91 Å². The average Bonchev–Trinajstić information content (AvgIpc) is 2.61. The Morgan fingerprint density at radius 3 is 2.15 bits per heavy atom. The Hall–Kier alpha value is -3.17. The van der Waals surface area contributed by atoms with Gasteiger partial charge in [-0.1, -0.05) is 0 Å². The largest absolute Gasteiger partial charge is 0.493 e. The van der Waals surface area contributed by atoms with E-state index in [4.69, 9.17) is 4.74 Å². The highest BCUT2D eigenvalue weighted by molar-refractivity contribution is 5.93. The van der Waals surface area contributed by atoms with Gasteiger partial charge in [-0.3, -0.25) is 4.79 Å². The number of hydrogen-bond donors (Lipinski definition) is 2. The number of alkyl halides is 4. The predicted octanol–water partition coefficient (Wildman–Crippen LogP) is 3.95. The molecular weight excluding hydrogens is 372 g/mol. The first-order chi connectivity index (χ1) is 12.9. The third kappa shape index (κ3) is 6.57. The van der Waals surface area contributed by atoms with Gasteiger partial charge in [-0.15, -0.1) is 0 Å². The maximum absolute atomic E-state index is 12.4. The fourth-order valence-electron chi connectivity index (χ4n) is 2.08. The van der Waals surface area contributed by atoms with Crippen LogP contribution in [0.15, 0.2) is 42.5 Å². The van der Waals surface area contributed by atoms with Crippen molar-refractivity contribution in [1.29, 1.82) is 0 Å². The van der Waals surface area contributed by atoms with E-state index < -0.39 is 19.1 Å². The molecule has 0 atom stereocenters. The number of nitrogens with one attached hydrogen (secondary N) is 2. The van der Waals surface area contributed by atoms with E-state index in [1.54, 1.807) is 0 Å². The van der Waals surface area contributed by atoms with Crippen molar-refractivity contribution >= 4 is 17.3 Å². The maximum atomic E-state index is 12.4. The zero-order valence-corrected chi connectivity index (χ0v) is 14.0. The van der Waals surface area contributed by atoms with E-state index in [1.165, 1.54) is 49.6 Å². The molecule has 2 N–H and O–H groups in total. The zero-order valence-electron chi connectivity index (χ0n) is 14.0. The van der Waals surface area contributed by atoms with Gasteiger partial charge in [-0.2, -0.15) is 17.6 Å². The van der Waals surface area contributed by atoms with Crippen LogP contribution in [0.5, 0.6) is 17.2 Å². The minimum Gasteiger partial charge on any atom is -0.493 e. The number of amides is 1. The highest BCUT2D eigenvalue weighted by Gasteiger charge is 2.12. The average molecular weight is 388 g/mol. The molecule has 0 saturated carbocycles. The molecule has 0 fully saturated rings. The Bertz CT molecular complexity index is 757. The fourth-order valence-corrected chi connectivity index (χ4v) is 2.08. The summed E-state index contributed by atoms with van der Waals surface area (Å²) in [5, 5.41) is 5.29. The number of ether oxygens (including phenoxy) is 3. The lowest BCUT2D eigenvalue weighted by atomic mass is 10.2. The Morgan fingerprint density at radius 1 is 0.926 bits per heavy atom. The number of carbonyl (C=O) groups is 1. The van der Waals surface area contributed by atoms with Crippen LogP contribution < -0.4 is 24.8 Å². The Kier molecular flexibility index (Phi) is 7.09. The van der Waals surface area contributed by atoms with E-state index in [0.29, 0.717) is 11.4 Å². The first-order valence-electron chi connectivity index (χ1n) is 7.59. The Balaban J connectivity index is 1.91. The lowest BCUT2D eigenvalue weighted by Gasteiger charge is -2.13. The van der Waals surface area contributed by atoms with Crippen LogP contribution in [0.25, 0.3) is 0 Å². The summed E-state index contributed by atoms with van der Waals surface area (Å²) in [7, 11) is 1.31. The molecule has 2 rings (SSSR count). The van der Waals surface area contributed by atoms with Gasteiger partial charge in [0.25, 0.3) is 0 Å². The molecule has 0 aliphatic rings. The minimum atomic E-state index is -3.02. The first-order valence-corrected chi connectivity index (χ1v) is 7.59. The summed E-state index contributed by atoms with van der Waals surface area (Å²) in [6.07, 6.45) is 0. The van der Waals surface area contributed by atoms with Gasteiger partial charge in [0.15, 0.2) is 11.5 Å². The van der Waals surface area contributed by atoms with Gasteiger partial charge in [-0.05, 0) is 36.4 Å². The standard InChI is InChI=1S/C17H16F4N2O4/c1-25-13-7-4-11(8-14(13)27-17(20)21)22-9-15(24)23-10-2-5-12(6-3-10)26-16(18)19/h2-8,16-17,22H,9H2,1H3,(H,23,24). The monoisotopic (exact) mass is 388 g/mol. The SMILES string of the molecule is COc1ccc(NCC(=O)Nc2ccc(OC(F)F)cc2)cc1OC(F)F. The van der Waals surface area contributed by atoms with Crippen molar-refractivity contribution in [3.8, 4) is 17.2 Å². The summed E-state index contributed by atoms with van der Waals surface area (Å²) in [6.45, 7) is -6.12. The van der Waals surface area contributed by atoms with Gasteiger partial charge in [0.1, 0.15) is 5.75 Å². The highest BCUT2D eigenvalue weighted by atomic mass is 19.3. The second kappa shape index (κ2) is 9.51. The Morgan fingerprint density at radius 2 is 1.56 bits per heavy atom. The molecule has 0 unspecified atom stereocenters. The van der Waals surface area contributed by atoms with Crippen LogP contribution in [0.2, 0.25) is 0 Å². The summed E-state index contributed by atoms with van der Waals surface area (Å²) in [5.74, 6) is -0.528. The van der Waals surface area contributed by atoms with Crippen LogP contribution in [0.1, 0.15) is 0 Å². The van der Waals surface area contributed by atoms with Crippen LogP contribution in [0, 0.1) is 0 Å². The van der Waals surface area contributed by atoms with Crippen LogP contribution >= 0.6 is 0 Å². The maximum Gasteiger partial charge on any atom is 0.387 e. The molecular formula is C17H16F4N2O4. The number of methoxy groups -OCH3 is 1. The van der Waals surface area contributed by atoms with Crippen molar-refractivity contribution in [2.24, 2.45) is 0 Å². The molecule has 6 nitrogen and oxygen atoms in total. The third-order valence-corrected chi connectivity index (χ3v) is 3.20. The van der Waals surface area contributed by atoms with Crippen molar-refractivity contribution in [1.82, 2.24) is 0 Å². The number of halogens is 4. The molecule has 0 spiro atoms. The molecule has 1 amide bonds. The van der Waals surface area contributed by atoms with Crippen molar-refractivity contribution in [3.63, 3.8) is 0 Å². The molecule has 0 aliphatic carbocycles. The fraction of sp³-hybridized carbons (Fsp3) is 0.235. The van der Waals surface area contributed by atoms with E-state index in [1.807, 2.05) is 0 Å². The van der Waals surface area contributed by atoms with Gasteiger partial charge in [0.05, 0.1) is 13.7 Å². The van der Waals surface area contributed by atoms with E-state index >= 15 is 0 Å². The lowest BCUT2D eigenvalue weighted by molar-refractivity contribution is -0.114. The summed E-state index contributed by atoms with van der Waals surface area (Å²) in [4.78, 5) is 11.9. The summed E-state index contributed by atoms with van der Waals surface area (Å²) >= 11 is 0. The molecule has 0 saturated heterocycles. The Labute approximate surface area is 152 Å². The number of rotatable bonds is 9. The smallest absolute Gasteiger partial charge is 0.387 e. The second-order valence-corrected chi connectivity index (χ2v) is 5.05. The van der Waals surface area contributed by atoms with Crippen LogP contribution in [-0.4, -0.2) is 32.8 Å². The number of carbonyl (C=O) groups excluding carboxylic acids is 1. The van der Waals surface area contributed by atoms with Crippen LogP contribution in [0.4, 0.5) is 28.9 Å². The molecule has 27 heavy (non-hydrogen) atoms. The molecule has 0 radical (unpaired) electrons. The van der Waals surface area contributed by atoms with E-state index in [2.05, 4.69) is 20.1 Å². The third-order valence-electron chi connectivity index (χ3n) is 3.20. The summed E-state index contributed by atoms with van der Waals surface area (Å²) in [6, 6.07) is 9.59. The zero-order chi connectivity index (χ0) is 19.8. The van der Waals surface area contributed by atoms with E-state index in [0.717, 1.165) is 0 Å². The second-order valence-electron chi connectivity index (χ2n) is 5.05. The van der Waals surface area contributed by atoms with Gasteiger partial charge >= 0.3 is 13.2 Å². The molecule has 2 aromatic rings. The van der Waals surface area contributed by atoms with Crippen molar-refractivity contribution in [3.05, 3.63) is 42.5 Å². The van der Waals surface area contributed by atoms with E-state index in [-0.39, 0.29) is 23.8 Å². The number of hydrogen-bond acceptors (Lipinski definition) is 5. The number of benzene rings is 2. The van der Waals surface area contributed by atoms with Crippen molar-refractivity contribution in [2.45, 2.75) is 13.2 Å². The van der Waals surface area contributed by atoms with Crippen molar-refractivity contribution in [2.75, 3.05) is 24.3 Å². The minimum absolute atomic E-state index is 0.0362. The molecule has 0 aliphatic heterocycles.